The second-order valence-corrected chi connectivity index (χ2v) is 7.18. The molecule has 8 heteroatoms. The van der Waals surface area contributed by atoms with Gasteiger partial charge in [-0.15, -0.1) is 0 Å². The third kappa shape index (κ3) is 4.64. The van der Waals surface area contributed by atoms with Crippen molar-refractivity contribution in [1.29, 1.82) is 0 Å². The van der Waals surface area contributed by atoms with Crippen LogP contribution in [-0.2, 0) is 4.74 Å². The van der Waals surface area contributed by atoms with Crippen molar-refractivity contribution < 1.29 is 9.53 Å². The van der Waals surface area contributed by atoms with Gasteiger partial charge in [0.1, 0.15) is 0 Å². The van der Waals surface area contributed by atoms with Gasteiger partial charge in [-0.3, -0.25) is 14.7 Å². The van der Waals surface area contributed by atoms with Gasteiger partial charge >= 0.3 is 0 Å². The Morgan fingerprint density at radius 2 is 2.07 bits per heavy atom. The lowest BCUT2D eigenvalue weighted by atomic mass is 10.1. The number of halogens is 1. The molecule has 1 atom stereocenters. The van der Waals surface area contributed by atoms with E-state index in [1.807, 2.05) is 36.7 Å². The standard InChI is InChI=1S/C21H22ClN5O2/c22-19-5-4-17(27-8-2-7-25-27)13-18(19)21(28)24-15-20(16-3-1-6-23-14-16)26-9-11-29-12-10-26/h1-8,13-14,20H,9-12,15H2,(H,24,28)/t20-/m1/s1. The second-order valence-electron chi connectivity index (χ2n) is 6.78. The lowest BCUT2D eigenvalue weighted by molar-refractivity contribution is 0.0161. The number of hydrogen-bond donors (Lipinski definition) is 1. The number of carbonyl (C=O) groups excluding carboxylic acids is 1. The van der Waals surface area contributed by atoms with Crippen molar-refractivity contribution >= 4 is 17.5 Å². The molecular weight excluding hydrogens is 390 g/mol. The van der Waals surface area contributed by atoms with Gasteiger partial charge < -0.3 is 10.1 Å². The van der Waals surface area contributed by atoms with Crippen LogP contribution in [0.25, 0.3) is 5.69 Å². The Balaban J connectivity index is 1.51. The number of ether oxygens (including phenoxy) is 1. The molecule has 0 unspecified atom stereocenters. The Kier molecular flexibility index (Phi) is 6.19. The summed E-state index contributed by atoms with van der Waals surface area (Å²) in [7, 11) is 0. The number of pyridine rings is 1. The lowest BCUT2D eigenvalue weighted by Crippen LogP contribution is -2.43. The zero-order chi connectivity index (χ0) is 20.1. The van der Waals surface area contributed by atoms with E-state index in [0.29, 0.717) is 30.3 Å². The minimum atomic E-state index is -0.217. The van der Waals surface area contributed by atoms with E-state index in [9.17, 15) is 4.79 Å². The van der Waals surface area contributed by atoms with E-state index < -0.39 is 0 Å². The molecule has 1 aliphatic rings. The number of amides is 1. The van der Waals surface area contributed by atoms with Gasteiger partial charge in [0.15, 0.2) is 0 Å². The first-order valence-corrected chi connectivity index (χ1v) is 9.89. The van der Waals surface area contributed by atoms with Crippen molar-refractivity contribution in [3.8, 4) is 5.69 Å². The number of benzene rings is 1. The van der Waals surface area contributed by atoms with Gasteiger partial charge in [0.2, 0.25) is 0 Å². The van der Waals surface area contributed by atoms with Crippen molar-refractivity contribution in [1.82, 2.24) is 25.0 Å². The fourth-order valence-corrected chi connectivity index (χ4v) is 3.66. The van der Waals surface area contributed by atoms with Crippen LogP contribution in [0.3, 0.4) is 0 Å². The predicted molar refractivity (Wildman–Crippen MR) is 110 cm³/mol. The van der Waals surface area contributed by atoms with Gasteiger partial charge in [-0.25, -0.2) is 4.68 Å². The zero-order valence-electron chi connectivity index (χ0n) is 15.9. The maximum Gasteiger partial charge on any atom is 0.252 e. The summed E-state index contributed by atoms with van der Waals surface area (Å²) in [5, 5.41) is 7.66. The summed E-state index contributed by atoms with van der Waals surface area (Å²) < 4.78 is 7.17. The molecule has 7 nitrogen and oxygen atoms in total. The molecule has 2 aromatic heterocycles. The molecule has 0 radical (unpaired) electrons. The lowest BCUT2D eigenvalue weighted by Gasteiger charge is -2.34. The van der Waals surface area contributed by atoms with Gasteiger partial charge in [-0.2, -0.15) is 5.10 Å². The average molecular weight is 412 g/mol. The molecule has 29 heavy (non-hydrogen) atoms. The molecule has 1 N–H and O–H groups in total. The molecule has 0 spiro atoms. The quantitative estimate of drug-likeness (QED) is 0.675. The molecular formula is C21H22ClN5O2. The van der Waals surface area contributed by atoms with Gasteiger partial charge in [0.25, 0.3) is 5.91 Å². The third-order valence-corrected chi connectivity index (χ3v) is 5.30. The molecule has 3 heterocycles. The predicted octanol–water partition coefficient (Wildman–Crippen LogP) is 2.72. The first kappa shape index (κ1) is 19.6. The summed E-state index contributed by atoms with van der Waals surface area (Å²) in [6, 6.07) is 11.1. The number of carbonyl (C=O) groups is 1. The fourth-order valence-electron chi connectivity index (χ4n) is 3.46. The van der Waals surface area contributed by atoms with Gasteiger partial charge in [-0.1, -0.05) is 17.7 Å². The number of nitrogens with one attached hydrogen (secondary N) is 1. The second kappa shape index (κ2) is 9.17. The van der Waals surface area contributed by atoms with Crippen LogP contribution in [0.4, 0.5) is 0 Å². The van der Waals surface area contributed by atoms with Crippen LogP contribution in [0.2, 0.25) is 5.02 Å². The van der Waals surface area contributed by atoms with Crippen LogP contribution >= 0.6 is 11.6 Å². The Hall–Kier alpha value is -2.74. The van der Waals surface area contributed by atoms with E-state index in [1.54, 1.807) is 29.2 Å². The first-order chi connectivity index (χ1) is 14.2. The molecule has 0 saturated carbocycles. The number of hydrogen-bond acceptors (Lipinski definition) is 5. The summed E-state index contributed by atoms with van der Waals surface area (Å²) in [6.45, 7) is 3.44. The van der Waals surface area contributed by atoms with E-state index in [4.69, 9.17) is 16.3 Å². The Bertz CT molecular complexity index is 943. The molecule has 1 aromatic carbocycles. The summed E-state index contributed by atoms with van der Waals surface area (Å²) in [6.07, 6.45) is 7.10. The summed E-state index contributed by atoms with van der Waals surface area (Å²) in [4.78, 5) is 19.5. The van der Waals surface area contributed by atoms with E-state index in [1.165, 1.54) is 0 Å². The molecule has 0 bridgehead atoms. The van der Waals surface area contributed by atoms with E-state index in [0.717, 1.165) is 24.3 Å². The van der Waals surface area contributed by atoms with E-state index in [2.05, 4.69) is 20.3 Å². The number of morpholine rings is 1. The summed E-state index contributed by atoms with van der Waals surface area (Å²) in [5.74, 6) is -0.217. The van der Waals surface area contributed by atoms with E-state index >= 15 is 0 Å². The average Bonchev–Trinajstić information content (AvgIpc) is 3.30. The highest BCUT2D eigenvalue weighted by atomic mass is 35.5. The monoisotopic (exact) mass is 411 g/mol. The van der Waals surface area contributed by atoms with Crippen molar-refractivity contribution in [2.45, 2.75) is 6.04 Å². The van der Waals surface area contributed by atoms with Gasteiger partial charge in [0.05, 0.1) is 35.5 Å². The van der Waals surface area contributed by atoms with Crippen molar-refractivity contribution in [2.24, 2.45) is 0 Å². The highest BCUT2D eigenvalue weighted by Crippen LogP contribution is 2.22. The molecule has 1 fully saturated rings. The van der Waals surface area contributed by atoms with Crippen molar-refractivity contribution in [2.75, 3.05) is 32.8 Å². The van der Waals surface area contributed by atoms with Crippen LogP contribution in [0, 0.1) is 0 Å². The largest absolute Gasteiger partial charge is 0.379 e. The number of aromatic nitrogens is 3. The maximum absolute atomic E-state index is 12.9. The van der Waals surface area contributed by atoms with Crippen molar-refractivity contribution in [3.05, 3.63) is 77.3 Å². The van der Waals surface area contributed by atoms with Crippen molar-refractivity contribution in [3.63, 3.8) is 0 Å². The topological polar surface area (TPSA) is 72.3 Å². The van der Waals surface area contributed by atoms with Crippen LogP contribution < -0.4 is 5.32 Å². The molecule has 0 aliphatic carbocycles. The van der Waals surface area contributed by atoms with E-state index in [-0.39, 0.29) is 11.9 Å². The summed E-state index contributed by atoms with van der Waals surface area (Å²) >= 11 is 6.31. The maximum atomic E-state index is 12.9. The number of rotatable bonds is 6. The molecule has 150 valence electrons. The highest BCUT2D eigenvalue weighted by molar-refractivity contribution is 6.33. The molecule has 1 saturated heterocycles. The van der Waals surface area contributed by atoms with Crippen LogP contribution in [0.5, 0.6) is 0 Å². The minimum absolute atomic E-state index is 0.0182. The number of nitrogens with zero attached hydrogens (tertiary/aromatic N) is 4. The molecule has 1 amide bonds. The molecule has 4 rings (SSSR count). The van der Waals surface area contributed by atoms with Crippen LogP contribution in [0.15, 0.2) is 61.2 Å². The fraction of sp³-hybridized carbons (Fsp3) is 0.286. The third-order valence-electron chi connectivity index (χ3n) is 4.98. The smallest absolute Gasteiger partial charge is 0.252 e. The van der Waals surface area contributed by atoms with Crippen LogP contribution in [-0.4, -0.2) is 58.4 Å². The summed E-state index contributed by atoms with van der Waals surface area (Å²) in [5.41, 5.74) is 2.26. The Morgan fingerprint density at radius 3 is 2.79 bits per heavy atom. The first-order valence-electron chi connectivity index (χ1n) is 9.52. The molecule has 3 aromatic rings. The van der Waals surface area contributed by atoms with Crippen LogP contribution in [0.1, 0.15) is 22.0 Å². The Morgan fingerprint density at radius 1 is 1.21 bits per heavy atom. The SMILES string of the molecule is O=C(NC[C@H](c1cccnc1)N1CCOCC1)c1cc(-n2cccn2)ccc1Cl. The van der Waals surface area contributed by atoms with Gasteiger partial charge in [0, 0.05) is 44.4 Å². The Labute approximate surface area is 174 Å². The normalized spacial score (nSPS) is 15.8. The minimum Gasteiger partial charge on any atom is -0.379 e. The van der Waals surface area contributed by atoms with Gasteiger partial charge in [-0.05, 0) is 35.9 Å². The molecule has 1 aliphatic heterocycles. The highest BCUT2D eigenvalue weighted by Gasteiger charge is 2.24. The zero-order valence-corrected chi connectivity index (χ0v) is 16.6.